The fraction of sp³-hybridized carbons (Fsp3) is 0.448. The summed E-state index contributed by atoms with van der Waals surface area (Å²) >= 11 is 0. The maximum absolute atomic E-state index is 13.3. The zero-order valence-electron chi connectivity index (χ0n) is 21.1. The lowest BCUT2D eigenvalue weighted by Gasteiger charge is -2.27. The average Bonchev–Trinajstić information content (AvgIpc) is 3.53. The molecule has 0 bridgehead atoms. The number of amides is 1. The highest BCUT2D eigenvalue weighted by Gasteiger charge is 2.47. The van der Waals surface area contributed by atoms with Gasteiger partial charge in [-0.25, -0.2) is 0 Å². The number of Topliss-reactive ketones (excluding diaryl/α,β-unsaturated/α-hetero) is 1. The van der Waals surface area contributed by atoms with E-state index in [-0.39, 0.29) is 24.0 Å². The molecule has 0 radical (unpaired) electrons. The fourth-order valence-electron chi connectivity index (χ4n) is 5.06. The maximum atomic E-state index is 13.3. The Kier molecular flexibility index (Phi) is 7.65. The van der Waals surface area contributed by atoms with Gasteiger partial charge in [-0.15, -0.1) is 0 Å². The van der Waals surface area contributed by atoms with Crippen LogP contribution in [0.3, 0.4) is 0 Å². The van der Waals surface area contributed by atoms with Gasteiger partial charge in [-0.3, -0.25) is 9.59 Å². The Bertz CT molecular complexity index is 1170. The van der Waals surface area contributed by atoms with Crippen LogP contribution in [0.25, 0.3) is 5.76 Å². The van der Waals surface area contributed by atoms with Gasteiger partial charge in [-0.1, -0.05) is 31.9 Å². The number of nitrogens with zero attached hydrogens (tertiary/aromatic N) is 1. The first-order valence-electron chi connectivity index (χ1n) is 13.1. The van der Waals surface area contributed by atoms with Crippen molar-refractivity contribution in [2.24, 2.45) is 0 Å². The number of aliphatic hydroxyl groups is 1. The number of rotatable bonds is 9. The Morgan fingerprint density at radius 1 is 1.03 bits per heavy atom. The van der Waals surface area contributed by atoms with Crippen molar-refractivity contribution < 1.29 is 33.6 Å². The summed E-state index contributed by atoms with van der Waals surface area (Å²) in [5.74, 6) is 0.199. The predicted octanol–water partition coefficient (Wildman–Crippen LogP) is 4.63. The fourth-order valence-corrected chi connectivity index (χ4v) is 5.06. The summed E-state index contributed by atoms with van der Waals surface area (Å²) < 4.78 is 22.9. The molecule has 0 spiro atoms. The quantitative estimate of drug-likeness (QED) is 0.229. The van der Waals surface area contributed by atoms with Crippen LogP contribution in [0.2, 0.25) is 0 Å². The van der Waals surface area contributed by atoms with Gasteiger partial charge in [0.05, 0.1) is 24.3 Å². The lowest BCUT2D eigenvalue weighted by atomic mass is 9.95. The third kappa shape index (κ3) is 5.30. The molecule has 1 N–H and O–H groups in total. The highest BCUT2D eigenvalue weighted by molar-refractivity contribution is 6.46. The molecule has 1 amide bonds. The Morgan fingerprint density at radius 3 is 2.54 bits per heavy atom. The molecule has 2 saturated heterocycles. The van der Waals surface area contributed by atoms with E-state index in [1.54, 1.807) is 18.2 Å². The van der Waals surface area contributed by atoms with E-state index in [0.29, 0.717) is 43.5 Å². The SMILES string of the molecule is CCCCCOc1ccc([C@@H]2C(=C(O)c3ccc4c(c3)OCCO4)C(=O)C(=O)N2C[C@@H]2CCCO2)cc1. The summed E-state index contributed by atoms with van der Waals surface area (Å²) in [5.41, 5.74) is 1.16. The number of carbonyl (C=O) groups excluding carboxylic acids is 2. The van der Waals surface area contributed by atoms with Gasteiger partial charge in [-0.05, 0) is 55.2 Å². The minimum Gasteiger partial charge on any atom is -0.507 e. The molecule has 3 aliphatic rings. The molecule has 3 heterocycles. The lowest BCUT2D eigenvalue weighted by Crippen LogP contribution is -2.36. The van der Waals surface area contributed by atoms with E-state index in [0.717, 1.165) is 43.4 Å². The topological polar surface area (TPSA) is 94.5 Å². The zero-order chi connectivity index (χ0) is 25.8. The van der Waals surface area contributed by atoms with Gasteiger partial charge >= 0.3 is 0 Å². The monoisotopic (exact) mass is 507 g/mol. The Morgan fingerprint density at radius 2 is 1.81 bits per heavy atom. The molecule has 2 aromatic carbocycles. The van der Waals surface area contributed by atoms with Crippen molar-refractivity contribution in [2.75, 3.05) is 33.0 Å². The predicted molar refractivity (Wildman–Crippen MR) is 137 cm³/mol. The zero-order valence-corrected chi connectivity index (χ0v) is 21.1. The van der Waals surface area contributed by atoms with Crippen molar-refractivity contribution in [2.45, 2.75) is 51.2 Å². The maximum Gasteiger partial charge on any atom is 0.295 e. The van der Waals surface area contributed by atoms with Crippen LogP contribution in [0.1, 0.15) is 56.2 Å². The van der Waals surface area contributed by atoms with Crippen LogP contribution < -0.4 is 14.2 Å². The molecule has 2 aromatic rings. The summed E-state index contributed by atoms with van der Waals surface area (Å²) in [6.45, 7) is 4.55. The van der Waals surface area contributed by atoms with Crippen LogP contribution >= 0.6 is 0 Å². The van der Waals surface area contributed by atoms with Gasteiger partial charge in [0.2, 0.25) is 0 Å². The van der Waals surface area contributed by atoms with E-state index in [9.17, 15) is 14.7 Å². The molecule has 2 fully saturated rings. The lowest BCUT2D eigenvalue weighted by molar-refractivity contribution is -0.140. The first kappa shape index (κ1) is 25.1. The summed E-state index contributed by atoms with van der Waals surface area (Å²) in [5, 5.41) is 11.4. The molecule has 0 unspecified atom stereocenters. The molecule has 0 aromatic heterocycles. The molecule has 0 saturated carbocycles. The number of carbonyl (C=O) groups is 2. The Balaban J connectivity index is 1.49. The number of ether oxygens (including phenoxy) is 4. The number of fused-ring (bicyclic) bond motifs is 1. The number of hydrogen-bond donors (Lipinski definition) is 1. The van der Waals surface area contributed by atoms with Gasteiger partial charge in [-0.2, -0.15) is 0 Å². The number of aliphatic hydroxyl groups excluding tert-OH is 1. The van der Waals surface area contributed by atoms with Crippen molar-refractivity contribution in [1.82, 2.24) is 4.90 Å². The van der Waals surface area contributed by atoms with E-state index in [1.807, 2.05) is 24.3 Å². The van der Waals surface area contributed by atoms with Gasteiger partial charge in [0.25, 0.3) is 11.7 Å². The van der Waals surface area contributed by atoms with Crippen LogP contribution in [-0.4, -0.2) is 60.8 Å². The van der Waals surface area contributed by atoms with Crippen molar-refractivity contribution in [1.29, 1.82) is 0 Å². The second-order valence-electron chi connectivity index (χ2n) is 9.57. The van der Waals surface area contributed by atoms with E-state index in [1.165, 1.54) is 4.90 Å². The van der Waals surface area contributed by atoms with Crippen LogP contribution in [0, 0.1) is 0 Å². The summed E-state index contributed by atoms with van der Waals surface area (Å²) in [7, 11) is 0. The molecule has 2 atom stereocenters. The van der Waals surface area contributed by atoms with Gasteiger partial charge < -0.3 is 29.0 Å². The third-order valence-corrected chi connectivity index (χ3v) is 6.99. The van der Waals surface area contributed by atoms with Crippen LogP contribution in [0.5, 0.6) is 17.2 Å². The number of unbranched alkanes of at least 4 members (excludes halogenated alkanes) is 2. The highest BCUT2D eigenvalue weighted by atomic mass is 16.6. The van der Waals surface area contributed by atoms with E-state index >= 15 is 0 Å². The summed E-state index contributed by atoms with van der Waals surface area (Å²) in [6.07, 6.45) is 4.80. The second-order valence-corrected chi connectivity index (χ2v) is 9.57. The van der Waals surface area contributed by atoms with E-state index in [4.69, 9.17) is 18.9 Å². The van der Waals surface area contributed by atoms with Crippen LogP contribution in [0.4, 0.5) is 0 Å². The molecule has 8 heteroatoms. The number of ketones is 1. The second kappa shape index (κ2) is 11.3. The number of likely N-dealkylation sites (tertiary alicyclic amines) is 1. The number of hydrogen-bond acceptors (Lipinski definition) is 7. The van der Waals surface area contributed by atoms with Gasteiger partial charge in [0.1, 0.15) is 24.7 Å². The first-order valence-corrected chi connectivity index (χ1v) is 13.1. The van der Waals surface area contributed by atoms with E-state index < -0.39 is 17.7 Å². The first-order chi connectivity index (χ1) is 18.1. The van der Waals surface area contributed by atoms with Gasteiger partial charge in [0.15, 0.2) is 11.5 Å². The Labute approximate surface area is 216 Å². The molecular weight excluding hydrogens is 474 g/mol. The highest BCUT2D eigenvalue weighted by Crippen LogP contribution is 2.42. The molecule has 196 valence electrons. The normalized spacial score (nSPS) is 22.5. The molecule has 5 rings (SSSR count). The molecular formula is C29H33NO7. The number of benzene rings is 2. The van der Waals surface area contributed by atoms with Crippen molar-refractivity contribution in [3.63, 3.8) is 0 Å². The summed E-state index contributed by atoms with van der Waals surface area (Å²) in [4.78, 5) is 28.1. The minimum atomic E-state index is -0.744. The standard InChI is InChI=1S/C29H33NO7/c1-2-3-4-13-34-21-10-7-19(8-11-21)26-25(28(32)29(33)30(26)18-22-6-5-14-35-22)27(31)20-9-12-23-24(17-20)37-16-15-36-23/h7-12,17,22,26,31H,2-6,13-16,18H2,1H3/t22-,26+/m0/s1. The molecule has 3 aliphatic heterocycles. The van der Waals surface area contributed by atoms with Crippen molar-refractivity contribution in [3.8, 4) is 17.2 Å². The average molecular weight is 508 g/mol. The smallest absolute Gasteiger partial charge is 0.295 e. The molecule has 8 nitrogen and oxygen atoms in total. The summed E-state index contributed by atoms with van der Waals surface area (Å²) in [6, 6.07) is 11.7. The molecule has 0 aliphatic carbocycles. The van der Waals surface area contributed by atoms with Crippen molar-refractivity contribution in [3.05, 3.63) is 59.2 Å². The minimum absolute atomic E-state index is 0.0521. The van der Waals surface area contributed by atoms with E-state index in [2.05, 4.69) is 6.92 Å². The third-order valence-electron chi connectivity index (χ3n) is 6.99. The van der Waals surface area contributed by atoms with Gasteiger partial charge in [0, 0.05) is 18.7 Å². The molecule has 37 heavy (non-hydrogen) atoms. The van der Waals surface area contributed by atoms with Crippen LogP contribution in [-0.2, 0) is 14.3 Å². The van der Waals surface area contributed by atoms with Crippen molar-refractivity contribution >= 4 is 17.4 Å². The van der Waals surface area contributed by atoms with Crippen LogP contribution in [0.15, 0.2) is 48.0 Å². The largest absolute Gasteiger partial charge is 0.507 e. The Hall–Kier alpha value is -3.52.